The van der Waals surface area contributed by atoms with Crippen molar-refractivity contribution in [1.29, 1.82) is 0 Å². The zero-order valence-electron chi connectivity index (χ0n) is 13.1. The molecule has 3 heterocycles. The highest BCUT2D eigenvalue weighted by molar-refractivity contribution is 9.10. The van der Waals surface area contributed by atoms with Crippen LogP contribution in [0.4, 0.5) is 0 Å². The molecule has 118 valence electrons. The van der Waals surface area contributed by atoms with Gasteiger partial charge in [0.15, 0.2) is 0 Å². The first-order valence-electron chi connectivity index (χ1n) is 7.98. The van der Waals surface area contributed by atoms with E-state index in [2.05, 4.69) is 73.3 Å². The summed E-state index contributed by atoms with van der Waals surface area (Å²) in [6, 6.07) is 18.7. The monoisotopic (exact) mass is 385 g/mol. The minimum absolute atomic E-state index is 0.921. The Bertz CT molecular complexity index is 1260. The minimum Gasteiger partial charge on any atom is -0.254 e. The van der Waals surface area contributed by atoms with Gasteiger partial charge >= 0.3 is 0 Å². The third kappa shape index (κ3) is 2.29. The number of hydrogen-bond donors (Lipinski definition) is 0. The van der Waals surface area contributed by atoms with Crippen LogP contribution < -0.4 is 0 Å². The molecule has 5 rings (SSSR count). The molecule has 0 fully saturated rings. The predicted octanol–water partition coefficient (Wildman–Crippen LogP) is 5.76. The van der Waals surface area contributed by atoms with Crippen LogP contribution in [-0.4, -0.2) is 15.0 Å². The quantitative estimate of drug-likeness (QED) is 0.344. The van der Waals surface area contributed by atoms with Crippen molar-refractivity contribution in [2.45, 2.75) is 0 Å². The molecule has 0 saturated heterocycles. The van der Waals surface area contributed by atoms with E-state index in [0.29, 0.717) is 0 Å². The number of halogens is 1. The maximum absolute atomic E-state index is 4.66. The SMILES string of the molecule is Brc1cnc2c(-c3cc4cccnc4c4ncccc34)cccc2c1. The van der Waals surface area contributed by atoms with E-state index in [1.807, 2.05) is 30.7 Å². The summed E-state index contributed by atoms with van der Waals surface area (Å²) in [5.41, 5.74) is 5.07. The fourth-order valence-corrected chi connectivity index (χ4v) is 3.70. The van der Waals surface area contributed by atoms with Crippen molar-refractivity contribution in [2.75, 3.05) is 0 Å². The fraction of sp³-hybridized carbons (Fsp3) is 0. The van der Waals surface area contributed by atoms with Crippen LogP contribution in [0.25, 0.3) is 43.8 Å². The van der Waals surface area contributed by atoms with Crippen LogP contribution in [0.5, 0.6) is 0 Å². The Kier molecular flexibility index (Phi) is 3.25. The molecule has 2 aromatic carbocycles. The Labute approximate surface area is 152 Å². The molecule has 0 unspecified atom stereocenters. The number of aromatic nitrogens is 3. The molecule has 0 radical (unpaired) electrons. The topological polar surface area (TPSA) is 38.7 Å². The summed E-state index contributed by atoms with van der Waals surface area (Å²) in [6.07, 6.45) is 5.47. The third-order valence-corrected chi connectivity index (χ3v) is 4.86. The normalized spacial score (nSPS) is 11.4. The highest BCUT2D eigenvalue weighted by Crippen LogP contribution is 2.36. The molecule has 0 N–H and O–H groups in total. The zero-order valence-corrected chi connectivity index (χ0v) is 14.7. The van der Waals surface area contributed by atoms with Gasteiger partial charge in [-0.15, -0.1) is 0 Å². The van der Waals surface area contributed by atoms with Gasteiger partial charge in [0.1, 0.15) is 0 Å². The lowest BCUT2D eigenvalue weighted by Crippen LogP contribution is -1.90. The Morgan fingerprint density at radius 1 is 0.640 bits per heavy atom. The number of hydrogen-bond acceptors (Lipinski definition) is 3. The lowest BCUT2D eigenvalue weighted by Gasteiger charge is -2.11. The lowest BCUT2D eigenvalue weighted by molar-refractivity contribution is 1.37. The molecule has 5 aromatic rings. The highest BCUT2D eigenvalue weighted by Gasteiger charge is 2.13. The number of nitrogens with zero attached hydrogens (tertiary/aromatic N) is 3. The molecule has 25 heavy (non-hydrogen) atoms. The first-order chi connectivity index (χ1) is 12.3. The number of benzene rings is 2. The first-order valence-corrected chi connectivity index (χ1v) is 8.78. The van der Waals surface area contributed by atoms with Crippen LogP contribution >= 0.6 is 15.9 Å². The van der Waals surface area contributed by atoms with Gasteiger partial charge in [0.25, 0.3) is 0 Å². The molecule has 0 aliphatic rings. The second-order valence-corrected chi connectivity index (χ2v) is 6.85. The predicted molar refractivity (Wildman–Crippen MR) is 105 cm³/mol. The van der Waals surface area contributed by atoms with E-state index in [0.717, 1.165) is 48.3 Å². The Hall–Kier alpha value is -2.85. The average Bonchev–Trinajstić information content (AvgIpc) is 2.66. The summed E-state index contributed by atoms with van der Waals surface area (Å²) in [7, 11) is 0. The van der Waals surface area contributed by atoms with Gasteiger partial charge < -0.3 is 0 Å². The summed E-state index contributed by atoms with van der Waals surface area (Å²) in [5, 5.41) is 3.28. The van der Waals surface area contributed by atoms with Crippen LogP contribution in [0.3, 0.4) is 0 Å². The molecule has 0 atom stereocenters. The summed E-state index contributed by atoms with van der Waals surface area (Å²) < 4.78 is 0.978. The second-order valence-electron chi connectivity index (χ2n) is 5.93. The van der Waals surface area contributed by atoms with Gasteiger partial charge in [-0.25, -0.2) is 0 Å². The lowest BCUT2D eigenvalue weighted by atomic mass is 9.96. The van der Waals surface area contributed by atoms with Gasteiger partial charge in [-0.2, -0.15) is 0 Å². The molecular formula is C21H12BrN3. The zero-order chi connectivity index (χ0) is 16.8. The molecule has 3 nitrogen and oxygen atoms in total. The van der Waals surface area contributed by atoms with E-state index in [4.69, 9.17) is 0 Å². The third-order valence-electron chi connectivity index (χ3n) is 4.43. The molecule has 0 spiro atoms. The van der Waals surface area contributed by atoms with E-state index in [1.165, 1.54) is 0 Å². The van der Waals surface area contributed by atoms with E-state index >= 15 is 0 Å². The van der Waals surface area contributed by atoms with Crippen molar-refractivity contribution >= 4 is 48.6 Å². The maximum atomic E-state index is 4.66. The average molecular weight is 386 g/mol. The molecule has 0 aliphatic carbocycles. The summed E-state index contributed by atoms with van der Waals surface area (Å²) in [4.78, 5) is 13.8. The highest BCUT2D eigenvalue weighted by atomic mass is 79.9. The van der Waals surface area contributed by atoms with Crippen molar-refractivity contribution in [2.24, 2.45) is 0 Å². The number of fused-ring (bicyclic) bond motifs is 4. The molecule has 0 amide bonds. The molecule has 0 bridgehead atoms. The van der Waals surface area contributed by atoms with E-state index in [1.54, 1.807) is 0 Å². The van der Waals surface area contributed by atoms with Crippen molar-refractivity contribution < 1.29 is 0 Å². The summed E-state index contributed by atoms with van der Waals surface area (Å²) in [5.74, 6) is 0. The Morgan fingerprint density at radius 3 is 2.32 bits per heavy atom. The maximum Gasteiger partial charge on any atom is 0.0970 e. The molecule has 0 aliphatic heterocycles. The van der Waals surface area contributed by atoms with Crippen molar-refractivity contribution in [3.63, 3.8) is 0 Å². The minimum atomic E-state index is 0.921. The van der Waals surface area contributed by atoms with Crippen LogP contribution in [0.15, 0.2) is 77.7 Å². The number of para-hydroxylation sites is 1. The largest absolute Gasteiger partial charge is 0.254 e. The van der Waals surface area contributed by atoms with Gasteiger partial charge in [0.05, 0.1) is 16.6 Å². The first kappa shape index (κ1) is 14.5. The van der Waals surface area contributed by atoms with Gasteiger partial charge in [-0.1, -0.05) is 30.3 Å². The molecular weight excluding hydrogens is 374 g/mol. The van der Waals surface area contributed by atoms with Gasteiger partial charge in [0.2, 0.25) is 0 Å². The van der Waals surface area contributed by atoms with E-state index in [9.17, 15) is 0 Å². The molecule has 3 aromatic heterocycles. The fourth-order valence-electron chi connectivity index (χ4n) is 3.35. The van der Waals surface area contributed by atoms with Crippen molar-refractivity contribution in [3.8, 4) is 11.1 Å². The van der Waals surface area contributed by atoms with Crippen molar-refractivity contribution in [3.05, 3.63) is 77.7 Å². The van der Waals surface area contributed by atoms with Gasteiger partial charge in [-0.3, -0.25) is 15.0 Å². The Morgan fingerprint density at radius 2 is 1.40 bits per heavy atom. The van der Waals surface area contributed by atoms with Gasteiger partial charge in [-0.05, 0) is 45.8 Å². The summed E-state index contributed by atoms with van der Waals surface area (Å²) in [6.45, 7) is 0. The summed E-state index contributed by atoms with van der Waals surface area (Å²) >= 11 is 3.50. The van der Waals surface area contributed by atoms with E-state index in [-0.39, 0.29) is 0 Å². The smallest absolute Gasteiger partial charge is 0.0970 e. The van der Waals surface area contributed by atoms with Crippen LogP contribution in [0, 0.1) is 0 Å². The molecule has 4 heteroatoms. The van der Waals surface area contributed by atoms with Gasteiger partial charge in [0, 0.05) is 44.8 Å². The van der Waals surface area contributed by atoms with Crippen LogP contribution in [0.2, 0.25) is 0 Å². The Balaban J connectivity index is 1.95. The second kappa shape index (κ2) is 5.60. The van der Waals surface area contributed by atoms with Crippen molar-refractivity contribution in [1.82, 2.24) is 15.0 Å². The van der Waals surface area contributed by atoms with E-state index < -0.39 is 0 Å². The van der Waals surface area contributed by atoms with Crippen LogP contribution in [0.1, 0.15) is 0 Å². The number of pyridine rings is 3. The molecule has 0 saturated carbocycles. The standard InChI is InChI=1S/C21H12BrN3/c22-15-10-13-4-1-6-16(19(13)25-12-15)18-11-14-5-2-8-23-20(14)21-17(18)7-3-9-24-21/h1-12H. The van der Waals surface area contributed by atoms with Crippen LogP contribution in [-0.2, 0) is 0 Å². The number of rotatable bonds is 1.